The van der Waals surface area contributed by atoms with Crippen LogP contribution in [-0.2, 0) is 6.54 Å². The minimum absolute atomic E-state index is 0.0931. The molecule has 2 aromatic carbocycles. The van der Waals surface area contributed by atoms with Crippen LogP contribution in [0.1, 0.15) is 17.3 Å². The van der Waals surface area contributed by atoms with Gasteiger partial charge in [0.05, 0.1) is 18.4 Å². The molecule has 0 bridgehead atoms. The van der Waals surface area contributed by atoms with E-state index in [-0.39, 0.29) is 17.1 Å². The van der Waals surface area contributed by atoms with Crippen molar-refractivity contribution >= 4 is 17.5 Å². The SMILES string of the molecule is CCn1c(SCC(=O)c2ccccc2F)nnc1-c1cccc(OC)c1. The van der Waals surface area contributed by atoms with Crippen LogP contribution in [0.15, 0.2) is 53.7 Å². The summed E-state index contributed by atoms with van der Waals surface area (Å²) in [5.41, 5.74) is 0.974. The summed E-state index contributed by atoms with van der Waals surface area (Å²) in [4.78, 5) is 12.3. The molecular weight excluding hydrogens is 353 g/mol. The van der Waals surface area contributed by atoms with Crippen LogP contribution in [0.5, 0.6) is 5.75 Å². The maximum absolute atomic E-state index is 13.7. The van der Waals surface area contributed by atoms with E-state index < -0.39 is 5.82 Å². The van der Waals surface area contributed by atoms with Crippen molar-refractivity contribution in [3.05, 3.63) is 59.9 Å². The van der Waals surface area contributed by atoms with Gasteiger partial charge < -0.3 is 9.30 Å². The van der Waals surface area contributed by atoms with Gasteiger partial charge in [-0.1, -0.05) is 36.0 Å². The zero-order chi connectivity index (χ0) is 18.5. The molecule has 7 heteroatoms. The van der Waals surface area contributed by atoms with Gasteiger partial charge in [0.25, 0.3) is 0 Å². The normalized spacial score (nSPS) is 10.7. The second-order valence-electron chi connectivity index (χ2n) is 5.47. The Morgan fingerprint density at radius 3 is 2.73 bits per heavy atom. The van der Waals surface area contributed by atoms with Crippen LogP contribution in [-0.4, -0.2) is 33.4 Å². The molecule has 26 heavy (non-hydrogen) atoms. The summed E-state index contributed by atoms with van der Waals surface area (Å²) in [6, 6.07) is 13.5. The largest absolute Gasteiger partial charge is 0.497 e. The number of methoxy groups -OCH3 is 1. The molecule has 0 aliphatic rings. The molecular formula is C19H18FN3O2S. The van der Waals surface area contributed by atoms with Gasteiger partial charge in [-0.05, 0) is 31.2 Å². The minimum atomic E-state index is -0.507. The molecule has 0 saturated carbocycles. The van der Waals surface area contributed by atoms with E-state index in [0.717, 1.165) is 11.3 Å². The lowest BCUT2D eigenvalue weighted by atomic mass is 10.1. The first-order chi connectivity index (χ1) is 12.6. The zero-order valence-corrected chi connectivity index (χ0v) is 15.3. The first-order valence-electron chi connectivity index (χ1n) is 8.12. The van der Waals surface area contributed by atoms with Crippen LogP contribution in [0.2, 0.25) is 0 Å². The van der Waals surface area contributed by atoms with Crippen molar-refractivity contribution in [1.29, 1.82) is 0 Å². The molecule has 0 N–H and O–H groups in total. The smallest absolute Gasteiger partial charge is 0.191 e. The lowest BCUT2D eigenvalue weighted by Crippen LogP contribution is -2.07. The van der Waals surface area contributed by atoms with Crippen molar-refractivity contribution in [2.24, 2.45) is 0 Å². The van der Waals surface area contributed by atoms with Crippen molar-refractivity contribution in [2.45, 2.75) is 18.6 Å². The number of halogens is 1. The first kappa shape index (κ1) is 18.1. The summed E-state index contributed by atoms with van der Waals surface area (Å²) >= 11 is 1.25. The Morgan fingerprint density at radius 1 is 1.19 bits per heavy atom. The fraction of sp³-hybridized carbons (Fsp3) is 0.211. The van der Waals surface area contributed by atoms with Crippen LogP contribution >= 0.6 is 11.8 Å². The molecule has 0 radical (unpaired) electrons. The lowest BCUT2D eigenvalue weighted by Gasteiger charge is -2.08. The van der Waals surface area contributed by atoms with Gasteiger partial charge in [0.2, 0.25) is 0 Å². The zero-order valence-electron chi connectivity index (χ0n) is 14.5. The predicted octanol–water partition coefficient (Wildman–Crippen LogP) is 4.09. The number of Topliss-reactive ketones (excluding diaryl/α,β-unsaturated/α-hetero) is 1. The fourth-order valence-electron chi connectivity index (χ4n) is 2.55. The Bertz CT molecular complexity index is 927. The highest BCUT2D eigenvalue weighted by molar-refractivity contribution is 7.99. The van der Waals surface area contributed by atoms with Gasteiger partial charge in [-0.15, -0.1) is 10.2 Å². The van der Waals surface area contributed by atoms with Crippen molar-refractivity contribution in [3.63, 3.8) is 0 Å². The summed E-state index contributed by atoms with van der Waals surface area (Å²) in [6.45, 7) is 2.63. The summed E-state index contributed by atoms with van der Waals surface area (Å²) < 4.78 is 20.9. The molecule has 0 aliphatic heterocycles. The second kappa shape index (κ2) is 8.14. The second-order valence-corrected chi connectivity index (χ2v) is 6.42. The summed E-state index contributed by atoms with van der Waals surface area (Å²) in [5.74, 6) is 0.745. The van der Waals surface area contributed by atoms with Gasteiger partial charge in [0, 0.05) is 12.1 Å². The number of thioether (sulfide) groups is 1. The number of carbonyl (C=O) groups excluding carboxylic acids is 1. The highest BCUT2D eigenvalue weighted by atomic mass is 32.2. The Hall–Kier alpha value is -2.67. The van der Waals surface area contributed by atoms with Crippen molar-refractivity contribution < 1.29 is 13.9 Å². The van der Waals surface area contributed by atoms with E-state index in [0.29, 0.717) is 17.5 Å². The number of ether oxygens (including phenoxy) is 1. The Balaban J connectivity index is 1.80. The third-order valence-corrected chi connectivity index (χ3v) is 4.83. The van der Waals surface area contributed by atoms with Gasteiger partial charge in [-0.3, -0.25) is 4.79 Å². The highest BCUT2D eigenvalue weighted by Crippen LogP contribution is 2.27. The number of benzene rings is 2. The summed E-state index contributed by atoms with van der Waals surface area (Å²) in [5, 5.41) is 9.07. The average Bonchev–Trinajstić information content (AvgIpc) is 3.09. The number of aromatic nitrogens is 3. The molecule has 3 aromatic rings. The Labute approximate surface area is 155 Å². The van der Waals surface area contributed by atoms with Crippen LogP contribution in [0, 0.1) is 5.82 Å². The van der Waals surface area contributed by atoms with Crippen molar-refractivity contribution in [2.75, 3.05) is 12.9 Å². The standard InChI is InChI=1S/C19H18FN3O2S/c1-3-23-18(13-7-6-8-14(11-13)25-2)21-22-19(23)26-12-17(24)15-9-4-5-10-16(15)20/h4-11H,3,12H2,1-2H3. The monoisotopic (exact) mass is 371 g/mol. The maximum Gasteiger partial charge on any atom is 0.191 e. The van der Waals surface area contributed by atoms with Crippen LogP contribution in [0.25, 0.3) is 11.4 Å². The third-order valence-electron chi connectivity index (χ3n) is 3.87. The molecule has 0 fully saturated rings. The fourth-order valence-corrected chi connectivity index (χ4v) is 3.44. The number of hydrogen-bond donors (Lipinski definition) is 0. The van der Waals surface area contributed by atoms with Gasteiger partial charge >= 0.3 is 0 Å². The van der Waals surface area contributed by atoms with Gasteiger partial charge in [-0.2, -0.15) is 0 Å². The van der Waals surface area contributed by atoms with E-state index in [1.807, 2.05) is 35.8 Å². The average molecular weight is 371 g/mol. The van der Waals surface area contributed by atoms with Crippen LogP contribution in [0.4, 0.5) is 4.39 Å². The Morgan fingerprint density at radius 2 is 2.00 bits per heavy atom. The quantitative estimate of drug-likeness (QED) is 0.462. The summed E-state index contributed by atoms with van der Waals surface area (Å²) in [7, 11) is 1.61. The number of ketones is 1. The molecule has 0 spiro atoms. The number of rotatable bonds is 7. The van der Waals surface area contributed by atoms with Gasteiger partial charge in [-0.25, -0.2) is 4.39 Å². The lowest BCUT2D eigenvalue weighted by molar-refractivity contribution is 0.101. The van der Waals surface area contributed by atoms with Crippen molar-refractivity contribution in [3.8, 4) is 17.1 Å². The van der Waals surface area contributed by atoms with E-state index in [9.17, 15) is 9.18 Å². The van der Waals surface area contributed by atoms with Crippen LogP contribution in [0.3, 0.4) is 0 Å². The van der Waals surface area contributed by atoms with Crippen molar-refractivity contribution in [1.82, 2.24) is 14.8 Å². The van der Waals surface area contributed by atoms with Crippen LogP contribution < -0.4 is 4.74 Å². The molecule has 0 amide bonds. The molecule has 134 valence electrons. The summed E-state index contributed by atoms with van der Waals surface area (Å²) in [6.07, 6.45) is 0. The number of hydrogen-bond acceptors (Lipinski definition) is 5. The molecule has 5 nitrogen and oxygen atoms in total. The van der Waals surface area contributed by atoms with E-state index in [4.69, 9.17) is 4.74 Å². The molecule has 1 heterocycles. The van der Waals surface area contributed by atoms with Gasteiger partial charge in [0.15, 0.2) is 16.8 Å². The van der Waals surface area contributed by atoms with E-state index >= 15 is 0 Å². The predicted molar refractivity (Wildman–Crippen MR) is 99.1 cm³/mol. The number of carbonyl (C=O) groups is 1. The highest BCUT2D eigenvalue weighted by Gasteiger charge is 2.17. The maximum atomic E-state index is 13.7. The molecule has 0 atom stereocenters. The molecule has 0 unspecified atom stereocenters. The Kier molecular flexibility index (Phi) is 5.68. The molecule has 0 saturated heterocycles. The topological polar surface area (TPSA) is 57.0 Å². The molecule has 3 rings (SSSR count). The first-order valence-corrected chi connectivity index (χ1v) is 9.10. The molecule has 0 aliphatic carbocycles. The van der Waals surface area contributed by atoms with E-state index in [2.05, 4.69) is 10.2 Å². The third kappa shape index (κ3) is 3.77. The molecule has 1 aromatic heterocycles. The van der Waals surface area contributed by atoms with Gasteiger partial charge in [0.1, 0.15) is 11.6 Å². The van der Waals surface area contributed by atoms with E-state index in [1.165, 1.54) is 23.9 Å². The van der Waals surface area contributed by atoms with E-state index in [1.54, 1.807) is 19.2 Å². The minimum Gasteiger partial charge on any atom is -0.497 e. The number of nitrogens with zero attached hydrogens (tertiary/aromatic N) is 3.